The van der Waals surface area contributed by atoms with Crippen molar-refractivity contribution in [3.05, 3.63) is 193 Å². The third-order valence-electron chi connectivity index (χ3n) is 12.3. The van der Waals surface area contributed by atoms with Gasteiger partial charge in [0.1, 0.15) is 0 Å². The molecule has 6 nitrogen and oxygen atoms in total. The molecule has 278 valence electrons. The summed E-state index contributed by atoms with van der Waals surface area (Å²) in [4.78, 5) is 20.7. The van der Waals surface area contributed by atoms with Crippen LogP contribution in [-0.4, -0.2) is 29.1 Å². The Kier molecular flexibility index (Phi) is 7.17. The molecule has 0 unspecified atom stereocenters. The summed E-state index contributed by atoms with van der Waals surface area (Å²) in [6, 6.07) is 60.2. The minimum Gasteiger partial charge on any atom is -0.306 e. The molecule has 0 amide bonds. The fourth-order valence-corrected chi connectivity index (χ4v) is 9.58. The van der Waals surface area contributed by atoms with Crippen LogP contribution in [0.25, 0.3) is 100 Å². The molecule has 1 aliphatic rings. The maximum Gasteiger partial charge on any atom is 0.238 e. The SMILES string of the molecule is CC1(C)c2ccccc2-c2cc(-c3cccc(-c4nc(-c5ccccc5)nc(-n5c6ccccc6c6ccccc65)n4)c3-n3c4ccccc4c4ccncc43)ccc21. The lowest BCUT2D eigenvalue weighted by Gasteiger charge is -2.22. The van der Waals surface area contributed by atoms with Crippen molar-refractivity contribution in [1.29, 1.82) is 0 Å². The molecule has 0 saturated heterocycles. The number of benzene rings is 7. The zero-order chi connectivity index (χ0) is 39.2. The van der Waals surface area contributed by atoms with Gasteiger partial charge in [0.15, 0.2) is 11.6 Å². The van der Waals surface area contributed by atoms with E-state index in [2.05, 4.69) is 180 Å². The largest absolute Gasteiger partial charge is 0.306 e. The molecule has 0 bridgehead atoms. The fourth-order valence-electron chi connectivity index (χ4n) is 9.58. The summed E-state index contributed by atoms with van der Waals surface area (Å²) in [7, 11) is 0. The Bertz CT molecular complexity index is 3380. The van der Waals surface area contributed by atoms with E-state index in [1.54, 1.807) is 0 Å². The molecule has 4 aromatic heterocycles. The highest BCUT2D eigenvalue weighted by Gasteiger charge is 2.35. The van der Waals surface area contributed by atoms with Crippen molar-refractivity contribution in [2.24, 2.45) is 0 Å². The van der Waals surface area contributed by atoms with Crippen LogP contribution in [0.2, 0.25) is 0 Å². The van der Waals surface area contributed by atoms with E-state index in [0.717, 1.165) is 71.6 Å². The number of nitrogens with zero attached hydrogens (tertiary/aromatic N) is 6. The van der Waals surface area contributed by atoms with E-state index in [1.807, 2.05) is 30.6 Å². The first-order valence-electron chi connectivity index (χ1n) is 20.1. The molecule has 0 N–H and O–H groups in total. The van der Waals surface area contributed by atoms with Crippen LogP contribution in [-0.2, 0) is 5.41 Å². The van der Waals surface area contributed by atoms with Crippen LogP contribution in [0.5, 0.6) is 0 Å². The maximum atomic E-state index is 5.46. The van der Waals surface area contributed by atoms with Crippen LogP contribution < -0.4 is 0 Å². The molecular formula is C53H36N6. The van der Waals surface area contributed by atoms with Crippen LogP contribution in [0, 0.1) is 0 Å². The van der Waals surface area contributed by atoms with Gasteiger partial charge in [0, 0.05) is 49.8 Å². The molecule has 0 fully saturated rings. The second kappa shape index (κ2) is 12.7. The molecular weight excluding hydrogens is 721 g/mol. The summed E-state index contributed by atoms with van der Waals surface area (Å²) >= 11 is 0. The molecule has 0 aliphatic heterocycles. The lowest BCUT2D eigenvalue weighted by molar-refractivity contribution is 0.660. The molecule has 0 saturated carbocycles. The lowest BCUT2D eigenvalue weighted by atomic mass is 9.82. The van der Waals surface area contributed by atoms with Gasteiger partial charge >= 0.3 is 0 Å². The Morgan fingerprint density at radius 3 is 1.73 bits per heavy atom. The Balaban J connectivity index is 1.19. The lowest BCUT2D eigenvalue weighted by Crippen LogP contribution is -2.14. The summed E-state index contributed by atoms with van der Waals surface area (Å²) in [5, 5.41) is 4.58. The summed E-state index contributed by atoms with van der Waals surface area (Å²) in [6.45, 7) is 4.66. The van der Waals surface area contributed by atoms with Crippen molar-refractivity contribution in [3.63, 3.8) is 0 Å². The number of aromatic nitrogens is 6. The Morgan fingerprint density at radius 2 is 0.983 bits per heavy atom. The van der Waals surface area contributed by atoms with Crippen molar-refractivity contribution in [2.45, 2.75) is 19.3 Å². The van der Waals surface area contributed by atoms with E-state index >= 15 is 0 Å². The van der Waals surface area contributed by atoms with E-state index < -0.39 is 0 Å². The summed E-state index contributed by atoms with van der Waals surface area (Å²) in [5.41, 5.74) is 14.3. The standard InChI is InChI=1S/C53H36N6/c1-53(2)43-23-10-6-17-36(43)42-31-34(27-28-44(42)53)35-21-14-22-41(49(35)58-45-24-11-7-20-39(45)40-29-30-54-32-48(40)58)51-55-50(33-15-4-3-5-16-33)56-52(57-51)59-46-25-12-8-18-37(46)38-19-9-13-26-47(38)59/h3-32H,1-2H3. The average molecular weight is 757 g/mol. The van der Waals surface area contributed by atoms with Gasteiger partial charge in [0.2, 0.25) is 5.95 Å². The minimum absolute atomic E-state index is 0.102. The third kappa shape index (κ3) is 4.93. The van der Waals surface area contributed by atoms with Crippen molar-refractivity contribution < 1.29 is 0 Å². The number of fused-ring (bicyclic) bond motifs is 9. The van der Waals surface area contributed by atoms with E-state index in [-0.39, 0.29) is 5.41 Å². The Morgan fingerprint density at radius 1 is 0.407 bits per heavy atom. The first-order chi connectivity index (χ1) is 29.0. The summed E-state index contributed by atoms with van der Waals surface area (Å²) in [5.74, 6) is 1.74. The molecule has 6 heteroatoms. The smallest absolute Gasteiger partial charge is 0.238 e. The van der Waals surface area contributed by atoms with Crippen molar-refractivity contribution >= 4 is 43.6 Å². The number of pyridine rings is 1. The van der Waals surface area contributed by atoms with E-state index in [9.17, 15) is 0 Å². The predicted molar refractivity (Wildman–Crippen MR) is 240 cm³/mol. The number of hydrogen-bond donors (Lipinski definition) is 0. The third-order valence-corrected chi connectivity index (χ3v) is 12.3. The molecule has 11 aromatic rings. The normalized spacial score (nSPS) is 13.1. The Labute approximate surface area is 340 Å². The highest BCUT2D eigenvalue weighted by atomic mass is 15.2. The second-order valence-electron chi connectivity index (χ2n) is 15.9. The summed E-state index contributed by atoms with van der Waals surface area (Å²) < 4.78 is 4.54. The number of rotatable bonds is 5. The molecule has 4 heterocycles. The molecule has 0 atom stereocenters. The van der Waals surface area contributed by atoms with Crippen molar-refractivity contribution in [2.75, 3.05) is 0 Å². The minimum atomic E-state index is -0.102. The van der Waals surface area contributed by atoms with Crippen LogP contribution in [0.15, 0.2) is 182 Å². The highest BCUT2D eigenvalue weighted by molar-refractivity contribution is 6.11. The van der Waals surface area contributed by atoms with Gasteiger partial charge in [-0.2, -0.15) is 9.97 Å². The maximum absolute atomic E-state index is 5.46. The van der Waals surface area contributed by atoms with Crippen LogP contribution >= 0.6 is 0 Å². The average Bonchev–Trinajstić information content (AvgIpc) is 3.89. The molecule has 1 aliphatic carbocycles. The highest BCUT2D eigenvalue weighted by Crippen LogP contribution is 2.50. The van der Waals surface area contributed by atoms with Crippen LogP contribution in [0.3, 0.4) is 0 Å². The van der Waals surface area contributed by atoms with E-state index in [0.29, 0.717) is 17.6 Å². The molecule has 59 heavy (non-hydrogen) atoms. The van der Waals surface area contributed by atoms with Crippen LogP contribution in [0.1, 0.15) is 25.0 Å². The van der Waals surface area contributed by atoms with Gasteiger partial charge in [-0.3, -0.25) is 9.55 Å². The van der Waals surface area contributed by atoms with Crippen molar-refractivity contribution in [3.8, 4) is 56.7 Å². The first kappa shape index (κ1) is 33.4. The second-order valence-corrected chi connectivity index (χ2v) is 15.9. The Hall–Kier alpha value is -7.70. The van der Waals surface area contributed by atoms with Crippen molar-refractivity contribution in [1.82, 2.24) is 29.1 Å². The van der Waals surface area contributed by atoms with E-state index in [1.165, 1.54) is 22.3 Å². The number of para-hydroxylation sites is 4. The zero-order valence-electron chi connectivity index (χ0n) is 32.5. The first-order valence-corrected chi connectivity index (χ1v) is 20.1. The van der Waals surface area contributed by atoms with Gasteiger partial charge in [-0.05, 0) is 64.2 Å². The van der Waals surface area contributed by atoms with Gasteiger partial charge < -0.3 is 4.57 Å². The quantitative estimate of drug-likeness (QED) is 0.175. The molecule has 7 aromatic carbocycles. The molecule has 0 spiro atoms. The van der Waals surface area contributed by atoms with Gasteiger partial charge in [-0.25, -0.2) is 4.98 Å². The van der Waals surface area contributed by atoms with E-state index in [4.69, 9.17) is 15.0 Å². The zero-order valence-corrected chi connectivity index (χ0v) is 32.5. The van der Waals surface area contributed by atoms with Gasteiger partial charge in [-0.15, -0.1) is 0 Å². The van der Waals surface area contributed by atoms with Crippen LogP contribution in [0.4, 0.5) is 0 Å². The molecule has 12 rings (SSSR count). The van der Waals surface area contributed by atoms with Gasteiger partial charge in [0.05, 0.1) is 34.0 Å². The van der Waals surface area contributed by atoms with Gasteiger partial charge in [-0.1, -0.05) is 147 Å². The predicted octanol–water partition coefficient (Wildman–Crippen LogP) is 12.8. The fraction of sp³-hybridized carbons (Fsp3) is 0.0566. The monoisotopic (exact) mass is 756 g/mol. The molecule has 0 radical (unpaired) electrons. The summed E-state index contributed by atoms with van der Waals surface area (Å²) in [6.07, 6.45) is 3.85. The topological polar surface area (TPSA) is 61.4 Å². The van der Waals surface area contributed by atoms with Gasteiger partial charge in [0.25, 0.3) is 0 Å². The number of hydrogen-bond acceptors (Lipinski definition) is 4.